The molecule has 3 heteroatoms. The Kier molecular flexibility index (Phi) is 5.31. The normalized spacial score (nSPS) is 14.0. The number of carboxylic acid groups (broad SMARTS) is 1. The summed E-state index contributed by atoms with van der Waals surface area (Å²) >= 11 is 4.24. The maximum atomic E-state index is 10.9. The largest absolute Gasteiger partial charge is 0.478 e. The van der Waals surface area contributed by atoms with E-state index in [-0.39, 0.29) is 10.8 Å². The van der Waals surface area contributed by atoms with Gasteiger partial charge < -0.3 is 5.11 Å². The fourth-order valence-electron chi connectivity index (χ4n) is 1.06. The minimum atomic E-state index is -0.964. The molecule has 0 aliphatic rings. The molecule has 0 saturated heterocycles. The molecule has 0 bridgehead atoms. The van der Waals surface area contributed by atoms with Crippen molar-refractivity contribution in [2.24, 2.45) is 0 Å². The molecule has 14 heavy (non-hydrogen) atoms. The number of thiol groups is 1. The van der Waals surface area contributed by atoms with E-state index in [4.69, 9.17) is 5.11 Å². The lowest BCUT2D eigenvalue weighted by Gasteiger charge is -2.09. The van der Waals surface area contributed by atoms with Crippen LogP contribution in [-0.2, 0) is 4.79 Å². The van der Waals surface area contributed by atoms with Crippen molar-refractivity contribution < 1.29 is 9.90 Å². The summed E-state index contributed by atoms with van der Waals surface area (Å²) in [6, 6.07) is 0. The van der Waals surface area contributed by atoms with E-state index in [0.29, 0.717) is 5.57 Å². The van der Waals surface area contributed by atoms with Gasteiger partial charge in [0.2, 0.25) is 0 Å². The molecule has 0 radical (unpaired) electrons. The molecule has 0 aromatic heterocycles. The Balaban J connectivity index is 5.44. The van der Waals surface area contributed by atoms with Crippen molar-refractivity contribution in [2.45, 2.75) is 26.0 Å². The Morgan fingerprint density at radius 1 is 1.50 bits per heavy atom. The van der Waals surface area contributed by atoms with Gasteiger partial charge in [-0.3, -0.25) is 0 Å². The predicted molar refractivity (Wildman–Crippen MR) is 62.7 cm³/mol. The summed E-state index contributed by atoms with van der Waals surface area (Å²) in [7, 11) is 0. The summed E-state index contributed by atoms with van der Waals surface area (Å²) in [5.41, 5.74) is 1.95. The number of aliphatic carboxylic acids is 1. The molecule has 2 nitrogen and oxygen atoms in total. The van der Waals surface area contributed by atoms with E-state index in [1.807, 2.05) is 26.8 Å². The van der Waals surface area contributed by atoms with Crippen LogP contribution in [0.25, 0.3) is 0 Å². The number of hydrogen-bond acceptors (Lipinski definition) is 2. The zero-order chi connectivity index (χ0) is 11.3. The van der Waals surface area contributed by atoms with Crippen LogP contribution in [0.3, 0.4) is 0 Å². The standard InChI is InChI=1S/C11H16O2S/c1-5-9(11(12)13)10(8(4)14)6-7(2)3/h5-6,8,14H,1H2,2-4H3,(H,12,13)/b10-9-. The van der Waals surface area contributed by atoms with Crippen LogP contribution >= 0.6 is 12.6 Å². The monoisotopic (exact) mass is 212 g/mol. The summed E-state index contributed by atoms with van der Waals surface area (Å²) < 4.78 is 0. The lowest BCUT2D eigenvalue weighted by atomic mass is 10.0. The summed E-state index contributed by atoms with van der Waals surface area (Å²) in [4.78, 5) is 10.9. The van der Waals surface area contributed by atoms with Gasteiger partial charge in [-0.15, -0.1) is 0 Å². The molecule has 0 aliphatic carbocycles. The molecular formula is C11H16O2S. The topological polar surface area (TPSA) is 37.3 Å². The fraction of sp³-hybridized carbons (Fsp3) is 0.364. The van der Waals surface area contributed by atoms with E-state index in [1.165, 1.54) is 6.08 Å². The van der Waals surface area contributed by atoms with Crippen molar-refractivity contribution >= 4 is 18.6 Å². The Morgan fingerprint density at radius 2 is 2.00 bits per heavy atom. The highest BCUT2D eigenvalue weighted by Gasteiger charge is 2.12. The first-order valence-corrected chi connectivity index (χ1v) is 4.84. The average molecular weight is 212 g/mol. The summed E-state index contributed by atoms with van der Waals surface area (Å²) in [6.07, 6.45) is 3.17. The van der Waals surface area contributed by atoms with E-state index in [1.54, 1.807) is 0 Å². The summed E-state index contributed by atoms with van der Waals surface area (Å²) in [6.45, 7) is 9.16. The van der Waals surface area contributed by atoms with Gasteiger partial charge >= 0.3 is 5.97 Å². The predicted octanol–water partition coefficient (Wildman–Crippen LogP) is 2.84. The minimum absolute atomic E-state index is 0.117. The number of hydrogen-bond donors (Lipinski definition) is 2. The Labute approximate surface area is 90.4 Å². The van der Waals surface area contributed by atoms with Gasteiger partial charge in [-0.25, -0.2) is 4.79 Å². The summed E-state index contributed by atoms with van der Waals surface area (Å²) in [5.74, 6) is -0.964. The van der Waals surface area contributed by atoms with Gasteiger partial charge in [0.25, 0.3) is 0 Å². The molecule has 0 amide bonds. The Morgan fingerprint density at radius 3 is 2.21 bits per heavy atom. The van der Waals surface area contributed by atoms with E-state index in [2.05, 4.69) is 19.2 Å². The van der Waals surface area contributed by atoms with Crippen LogP contribution in [0.2, 0.25) is 0 Å². The number of carbonyl (C=O) groups is 1. The van der Waals surface area contributed by atoms with Crippen molar-refractivity contribution in [2.75, 3.05) is 0 Å². The first kappa shape index (κ1) is 13.0. The molecule has 78 valence electrons. The maximum Gasteiger partial charge on any atom is 0.335 e. The molecule has 0 aromatic rings. The number of allylic oxidation sites excluding steroid dienone is 2. The fourth-order valence-corrected chi connectivity index (χ4v) is 1.28. The first-order valence-electron chi connectivity index (χ1n) is 4.33. The molecule has 0 fully saturated rings. The van der Waals surface area contributed by atoms with Crippen molar-refractivity contribution in [3.63, 3.8) is 0 Å². The molecule has 0 spiro atoms. The van der Waals surface area contributed by atoms with Crippen LogP contribution in [0.5, 0.6) is 0 Å². The van der Waals surface area contributed by atoms with E-state index >= 15 is 0 Å². The van der Waals surface area contributed by atoms with Gasteiger partial charge in [0.05, 0.1) is 5.57 Å². The quantitative estimate of drug-likeness (QED) is 0.427. The van der Waals surface area contributed by atoms with Gasteiger partial charge in [-0.05, 0) is 26.3 Å². The van der Waals surface area contributed by atoms with Gasteiger partial charge in [0.15, 0.2) is 0 Å². The third kappa shape index (κ3) is 3.83. The van der Waals surface area contributed by atoms with Gasteiger partial charge in [0, 0.05) is 5.25 Å². The van der Waals surface area contributed by atoms with Crippen LogP contribution in [0.1, 0.15) is 20.8 Å². The molecule has 1 unspecified atom stereocenters. The molecule has 1 N–H and O–H groups in total. The molecule has 0 saturated carbocycles. The van der Waals surface area contributed by atoms with Crippen molar-refractivity contribution in [1.29, 1.82) is 0 Å². The van der Waals surface area contributed by atoms with Crippen LogP contribution in [-0.4, -0.2) is 16.3 Å². The Bertz CT molecular complexity index is 294. The molecular weight excluding hydrogens is 196 g/mol. The number of carboxylic acids is 1. The van der Waals surface area contributed by atoms with Gasteiger partial charge in [0.1, 0.15) is 0 Å². The van der Waals surface area contributed by atoms with Gasteiger partial charge in [-0.1, -0.05) is 24.3 Å². The molecule has 0 rings (SSSR count). The SMILES string of the molecule is C=C/C(C(=O)O)=C(\C=C(C)C)C(C)S. The summed E-state index contributed by atoms with van der Waals surface area (Å²) in [5, 5.41) is 8.80. The highest BCUT2D eigenvalue weighted by atomic mass is 32.1. The first-order chi connectivity index (χ1) is 6.40. The lowest BCUT2D eigenvalue weighted by molar-refractivity contribution is -0.132. The highest BCUT2D eigenvalue weighted by Crippen LogP contribution is 2.18. The highest BCUT2D eigenvalue weighted by molar-refractivity contribution is 7.81. The number of rotatable bonds is 4. The van der Waals surface area contributed by atoms with Crippen LogP contribution < -0.4 is 0 Å². The van der Waals surface area contributed by atoms with Crippen molar-refractivity contribution in [3.05, 3.63) is 35.5 Å². The van der Waals surface area contributed by atoms with Crippen molar-refractivity contribution in [1.82, 2.24) is 0 Å². The zero-order valence-corrected chi connectivity index (χ0v) is 9.64. The van der Waals surface area contributed by atoms with E-state index in [0.717, 1.165) is 5.57 Å². The lowest BCUT2D eigenvalue weighted by Crippen LogP contribution is -2.07. The zero-order valence-electron chi connectivity index (χ0n) is 8.74. The molecule has 1 atom stereocenters. The van der Waals surface area contributed by atoms with E-state index < -0.39 is 5.97 Å². The van der Waals surface area contributed by atoms with Crippen molar-refractivity contribution in [3.8, 4) is 0 Å². The Hall–Kier alpha value is -0.960. The smallest absolute Gasteiger partial charge is 0.335 e. The second-order valence-corrected chi connectivity index (χ2v) is 4.05. The second kappa shape index (κ2) is 5.70. The van der Waals surface area contributed by atoms with Gasteiger partial charge in [-0.2, -0.15) is 12.6 Å². The minimum Gasteiger partial charge on any atom is -0.478 e. The maximum absolute atomic E-state index is 10.9. The average Bonchev–Trinajstić information content (AvgIpc) is 2.02. The molecule has 0 heterocycles. The van der Waals surface area contributed by atoms with Crippen LogP contribution in [0, 0.1) is 0 Å². The third-order valence-corrected chi connectivity index (χ3v) is 1.92. The molecule has 0 aliphatic heterocycles. The second-order valence-electron chi connectivity index (χ2n) is 3.28. The van der Waals surface area contributed by atoms with Crippen LogP contribution in [0.15, 0.2) is 35.5 Å². The molecule has 0 aromatic carbocycles. The van der Waals surface area contributed by atoms with Crippen LogP contribution in [0.4, 0.5) is 0 Å². The van der Waals surface area contributed by atoms with E-state index in [9.17, 15) is 4.79 Å². The third-order valence-electron chi connectivity index (χ3n) is 1.64.